The Morgan fingerprint density at radius 1 is 1.17 bits per heavy atom. The van der Waals surface area contributed by atoms with Crippen LogP contribution < -0.4 is 15.0 Å². The lowest BCUT2D eigenvalue weighted by Crippen LogP contribution is -2.24. The minimum atomic E-state index is -0.0950. The van der Waals surface area contributed by atoms with E-state index in [1.165, 1.54) is 11.8 Å². The molecule has 1 amide bonds. The molecular weight excluding hydrogens is 388 g/mol. The normalized spacial score (nSPS) is 10.6. The largest absolute Gasteiger partial charge is 0.484 e. The van der Waals surface area contributed by atoms with E-state index in [9.17, 15) is 4.79 Å². The van der Waals surface area contributed by atoms with Crippen molar-refractivity contribution in [2.45, 2.75) is 25.3 Å². The van der Waals surface area contributed by atoms with Crippen LogP contribution in [0.4, 0.5) is 5.69 Å². The SMILES string of the molecule is Cc1cccc(OCc2nnc(SCC(=O)NCc3ccc(N(C)C)cc3)o2)c1. The van der Waals surface area contributed by atoms with Gasteiger partial charge in [0.1, 0.15) is 5.75 Å². The molecule has 0 spiro atoms. The van der Waals surface area contributed by atoms with Crippen LogP contribution in [-0.4, -0.2) is 36.0 Å². The van der Waals surface area contributed by atoms with Gasteiger partial charge in [-0.05, 0) is 42.3 Å². The molecule has 1 aromatic heterocycles. The third-order valence-electron chi connectivity index (χ3n) is 4.07. The molecule has 8 heteroatoms. The molecule has 1 heterocycles. The number of aromatic nitrogens is 2. The maximum atomic E-state index is 12.1. The number of aryl methyl sites for hydroxylation is 1. The maximum Gasteiger partial charge on any atom is 0.277 e. The Balaban J connectivity index is 1.40. The molecular formula is C21H24N4O3S. The molecule has 0 aliphatic carbocycles. The first-order valence-electron chi connectivity index (χ1n) is 9.17. The summed E-state index contributed by atoms with van der Waals surface area (Å²) in [5, 5.41) is 11.1. The summed E-state index contributed by atoms with van der Waals surface area (Å²) >= 11 is 1.20. The summed E-state index contributed by atoms with van der Waals surface area (Å²) in [6.07, 6.45) is 0. The van der Waals surface area contributed by atoms with E-state index in [0.717, 1.165) is 22.6 Å². The van der Waals surface area contributed by atoms with Crippen molar-refractivity contribution in [3.8, 4) is 5.75 Å². The number of rotatable bonds is 9. The predicted octanol–water partition coefficient (Wildman–Crippen LogP) is 3.43. The second-order valence-corrected chi connectivity index (χ2v) is 7.62. The highest BCUT2D eigenvalue weighted by Crippen LogP contribution is 2.18. The number of benzene rings is 2. The van der Waals surface area contributed by atoms with E-state index in [0.29, 0.717) is 17.7 Å². The number of hydrogen-bond donors (Lipinski definition) is 1. The van der Waals surface area contributed by atoms with Gasteiger partial charge in [-0.25, -0.2) is 0 Å². The molecule has 0 saturated heterocycles. The zero-order valence-electron chi connectivity index (χ0n) is 16.7. The lowest BCUT2D eigenvalue weighted by Gasteiger charge is -2.12. The minimum Gasteiger partial charge on any atom is -0.484 e. The molecule has 0 fully saturated rings. The van der Waals surface area contributed by atoms with Crippen LogP contribution in [0.15, 0.2) is 58.2 Å². The highest BCUT2D eigenvalue weighted by Gasteiger charge is 2.10. The van der Waals surface area contributed by atoms with E-state index in [1.54, 1.807) is 0 Å². The summed E-state index contributed by atoms with van der Waals surface area (Å²) in [5.74, 6) is 1.23. The molecule has 0 aliphatic heterocycles. The van der Waals surface area contributed by atoms with Crippen LogP contribution >= 0.6 is 11.8 Å². The molecule has 0 aliphatic rings. The molecule has 3 aromatic rings. The number of carbonyl (C=O) groups excluding carboxylic acids is 1. The average Bonchev–Trinajstić information content (AvgIpc) is 3.17. The van der Waals surface area contributed by atoms with Crippen molar-refractivity contribution in [1.82, 2.24) is 15.5 Å². The van der Waals surface area contributed by atoms with Crippen LogP contribution in [0.2, 0.25) is 0 Å². The van der Waals surface area contributed by atoms with Gasteiger partial charge in [0.05, 0.1) is 5.75 Å². The topological polar surface area (TPSA) is 80.5 Å². The number of nitrogens with one attached hydrogen (secondary N) is 1. The summed E-state index contributed by atoms with van der Waals surface area (Å²) < 4.78 is 11.2. The van der Waals surface area contributed by atoms with Gasteiger partial charge in [0.15, 0.2) is 6.61 Å². The van der Waals surface area contributed by atoms with E-state index in [-0.39, 0.29) is 18.3 Å². The number of anilines is 1. The van der Waals surface area contributed by atoms with Gasteiger partial charge < -0.3 is 19.4 Å². The molecule has 0 radical (unpaired) electrons. The third kappa shape index (κ3) is 6.53. The highest BCUT2D eigenvalue weighted by atomic mass is 32.2. The Bertz CT molecular complexity index is 941. The smallest absolute Gasteiger partial charge is 0.277 e. The van der Waals surface area contributed by atoms with Gasteiger partial charge in [0.2, 0.25) is 5.91 Å². The molecule has 0 saturated carbocycles. The summed E-state index contributed by atoms with van der Waals surface area (Å²) in [6, 6.07) is 15.8. The van der Waals surface area contributed by atoms with Crippen molar-refractivity contribution in [3.05, 3.63) is 65.5 Å². The lowest BCUT2D eigenvalue weighted by molar-refractivity contribution is -0.118. The molecule has 2 aromatic carbocycles. The first-order chi connectivity index (χ1) is 14.0. The molecule has 3 rings (SSSR count). The Morgan fingerprint density at radius 3 is 2.69 bits per heavy atom. The van der Waals surface area contributed by atoms with Gasteiger partial charge in [-0.1, -0.05) is 36.0 Å². The maximum absolute atomic E-state index is 12.1. The number of ether oxygens (including phenoxy) is 1. The van der Waals surface area contributed by atoms with Crippen LogP contribution in [0, 0.1) is 6.92 Å². The Morgan fingerprint density at radius 2 is 1.97 bits per heavy atom. The fraction of sp³-hybridized carbons (Fsp3) is 0.286. The summed E-state index contributed by atoms with van der Waals surface area (Å²) in [6.45, 7) is 2.66. The first-order valence-corrected chi connectivity index (χ1v) is 10.2. The molecule has 0 unspecified atom stereocenters. The second kappa shape index (κ2) is 9.97. The Labute approximate surface area is 174 Å². The number of thioether (sulfide) groups is 1. The van der Waals surface area contributed by atoms with Crippen molar-refractivity contribution in [2.75, 3.05) is 24.7 Å². The molecule has 1 N–H and O–H groups in total. The molecule has 0 atom stereocenters. The van der Waals surface area contributed by atoms with Crippen molar-refractivity contribution < 1.29 is 13.9 Å². The van der Waals surface area contributed by atoms with Crippen molar-refractivity contribution in [2.24, 2.45) is 0 Å². The zero-order valence-corrected chi connectivity index (χ0v) is 17.5. The first kappa shape index (κ1) is 20.7. The van der Waals surface area contributed by atoms with Gasteiger partial charge >= 0.3 is 0 Å². The van der Waals surface area contributed by atoms with Crippen LogP contribution in [-0.2, 0) is 17.9 Å². The second-order valence-electron chi connectivity index (χ2n) is 6.69. The zero-order chi connectivity index (χ0) is 20.6. The van der Waals surface area contributed by atoms with Crippen LogP contribution in [0.1, 0.15) is 17.0 Å². The Kier molecular flexibility index (Phi) is 7.13. The van der Waals surface area contributed by atoms with Crippen molar-refractivity contribution in [1.29, 1.82) is 0 Å². The van der Waals surface area contributed by atoms with Gasteiger partial charge in [0.25, 0.3) is 11.1 Å². The van der Waals surface area contributed by atoms with Gasteiger partial charge in [-0.15, -0.1) is 10.2 Å². The number of carbonyl (C=O) groups is 1. The Hall–Kier alpha value is -3.00. The van der Waals surface area contributed by atoms with Crippen LogP contribution in [0.25, 0.3) is 0 Å². The molecule has 152 valence electrons. The summed E-state index contributed by atoms with van der Waals surface area (Å²) in [7, 11) is 3.98. The van der Waals surface area contributed by atoms with E-state index in [1.807, 2.05) is 74.4 Å². The highest BCUT2D eigenvalue weighted by molar-refractivity contribution is 7.99. The number of nitrogens with zero attached hydrogens (tertiary/aromatic N) is 3. The standard InChI is InChI=1S/C21H24N4O3S/c1-15-5-4-6-18(11-15)27-13-20-23-24-21(28-20)29-14-19(26)22-12-16-7-9-17(10-8-16)25(2)3/h4-11H,12-14H2,1-3H3,(H,22,26). The third-order valence-corrected chi connectivity index (χ3v) is 4.89. The minimum absolute atomic E-state index is 0.0950. The van der Waals surface area contributed by atoms with E-state index < -0.39 is 0 Å². The number of amides is 1. The van der Waals surface area contributed by atoms with Crippen molar-refractivity contribution in [3.63, 3.8) is 0 Å². The lowest BCUT2D eigenvalue weighted by atomic mass is 10.2. The summed E-state index contributed by atoms with van der Waals surface area (Å²) in [5.41, 5.74) is 3.28. The van der Waals surface area contributed by atoms with Crippen molar-refractivity contribution >= 4 is 23.4 Å². The molecule has 29 heavy (non-hydrogen) atoms. The monoisotopic (exact) mass is 412 g/mol. The quantitative estimate of drug-likeness (QED) is 0.539. The summed E-state index contributed by atoms with van der Waals surface area (Å²) in [4.78, 5) is 14.1. The number of hydrogen-bond acceptors (Lipinski definition) is 7. The van der Waals surface area contributed by atoms with Gasteiger partial charge in [-0.2, -0.15) is 0 Å². The predicted molar refractivity (Wildman–Crippen MR) is 113 cm³/mol. The van der Waals surface area contributed by atoms with Crippen LogP contribution in [0.3, 0.4) is 0 Å². The average molecular weight is 413 g/mol. The van der Waals surface area contributed by atoms with Gasteiger partial charge in [0, 0.05) is 26.3 Å². The van der Waals surface area contributed by atoms with E-state index >= 15 is 0 Å². The van der Waals surface area contributed by atoms with Crippen LogP contribution in [0.5, 0.6) is 5.75 Å². The molecule has 0 bridgehead atoms. The molecule has 7 nitrogen and oxygen atoms in total. The van der Waals surface area contributed by atoms with E-state index in [2.05, 4.69) is 15.5 Å². The fourth-order valence-electron chi connectivity index (χ4n) is 2.50. The fourth-order valence-corrected chi connectivity index (χ4v) is 3.11. The van der Waals surface area contributed by atoms with Gasteiger partial charge in [-0.3, -0.25) is 4.79 Å². The van der Waals surface area contributed by atoms with E-state index in [4.69, 9.17) is 9.15 Å².